The second-order valence-corrected chi connectivity index (χ2v) is 5.42. The van der Waals surface area contributed by atoms with E-state index in [0.29, 0.717) is 11.8 Å². The van der Waals surface area contributed by atoms with E-state index in [-0.39, 0.29) is 28.1 Å². The number of hydrogen-bond donors (Lipinski definition) is 0. The third kappa shape index (κ3) is 3.81. The first-order valence-electron chi connectivity index (χ1n) is 7.35. The van der Waals surface area contributed by atoms with Gasteiger partial charge in [-0.25, -0.2) is 4.68 Å². The number of nitrogens with zero attached hydrogens (tertiary/aromatic N) is 2. The van der Waals surface area contributed by atoms with Crippen LogP contribution in [0.15, 0.2) is 42.5 Å². The molecule has 136 valence electrons. The topological polar surface area (TPSA) is 44.1 Å². The van der Waals surface area contributed by atoms with Crippen molar-refractivity contribution in [2.45, 2.75) is 19.2 Å². The first-order chi connectivity index (χ1) is 12.3. The molecule has 0 aliphatic carbocycles. The summed E-state index contributed by atoms with van der Waals surface area (Å²) in [6.07, 6.45) is -5.26. The molecule has 0 aliphatic heterocycles. The summed E-state index contributed by atoms with van der Waals surface area (Å²) >= 11 is 0. The highest BCUT2D eigenvalue weighted by atomic mass is 19.4. The molecule has 3 aromatic rings. The van der Waals surface area contributed by atoms with Crippen LogP contribution in [-0.4, -0.2) is 28.9 Å². The van der Waals surface area contributed by atoms with Crippen molar-refractivity contribution < 1.29 is 31.5 Å². The molecule has 0 bridgehead atoms. The average Bonchev–Trinajstić information content (AvgIpc) is 2.90. The zero-order valence-corrected chi connectivity index (χ0v) is 13.0. The van der Waals surface area contributed by atoms with Crippen LogP contribution in [0.5, 0.6) is 5.75 Å². The molecule has 0 spiro atoms. The van der Waals surface area contributed by atoms with Gasteiger partial charge in [-0.1, -0.05) is 6.07 Å². The number of carbonyl (C=O) groups is 1. The smallest absolute Gasteiger partial charge is 0.394 e. The zero-order chi connectivity index (χ0) is 18.9. The van der Waals surface area contributed by atoms with E-state index >= 15 is 0 Å². The second kappa shape index (κ2) is 6.74. The number of benzene rings is 2. The lowest BCUT2D eigenvalue weighted by molar-refractivity contribution is -0.127. The summed E-state index contributed by atoms with van der Waals surface area (Å²) < 4.78 is 68.8. The fourth-order valence-electron chi connectivity index (χ4n) is 2.58. The molecule has 0 atom stereocenters. The van der Waals surface area contributed by atoms with Crippen molar-refractivity contribution in [3.63, 3.8) is 0 Å². The van der Waals surface area contributed by atoms with Gasteiger partial charge in [-0.3, -0.25) is 4.79 Å². The van der Waals surface area contributed by atoms with E-state index < -0.39 is 19.2 Å². The summed E-state index contributed by atoms with van der Waals surface area (Å²) in [5.74, 6) is -0.150. The van der Waals surface area contributed by atoms with Crippen molar-refractivity contribution in [2.75, 3.05) is 0 Å². The summed E-state index contributed by atoms with van der Waals surface area (Å²) in [6, 6.07) is 9.65. The Morgan fingerprint density at radius 3 is 2.58 bits per heavy atom. The Labute approximate surface area is 143 Å². The molecule has 0 saturated heterocycles. The van der Waals surface area contributed by atoms with Crippen LogP contribution in [0.1, 0.15) is 16.1 Å². The van der Waals surface area contributed by atoms with Gasteiger partial charge in [-0.15, -0.1) is 0 Å². The Morgan fingerprint density at radius 1 is 1.15 bits per heavy atom. The molecule has 3 rings (SSSR count). The number of rotatable bonds is 5. The summed E-state index contributed by atoms with van der Waals surface area (Å²) in [5.41, 5.74) is 0.496. The molecular weight excluding hydrogens is 359 g/mol. The third-order valence-corrected chi connectivity index (χ3v) is 3.57. The number of aldehydes is 1. The maximum absolute atomic E-state index is 12.8. The van der Waals surface area contributed by atoms with Crippen LogP contribution in [0, 0.1) is 0 Å². The summed E-state index contributed by atoms with van der Waals surface area (Å²) in [4.78, 5) is 10.9. The first kappa shape index (κ1) is 17.8. The van der Waals surface area contributed by atoms with Gasteiger partial charge in [0.2, 0.25) is 0 Å². The molecule has 0 N–H and O–H groups in total. The fourth-order valence-corrected chi connectivity index (χ4v) is 2.58. The van der Waals surface area contributed by atoms with E-state index in [9.17, 15) is 26.7 Å². The number of alkyl halides is 5. The van der Waals surface area contributed by atoms with Gasteiger partial charge < -0.3 is 4.74 Å². The van der Waals surface area contributed by atoms with Gasteiger partial charge in [-0.2, -0.15) is 27.1 Å². The Hall–Kier alpha value is -2.97. The molecule has 2 aromatic carbocycles. The Morgan fingerprint density at radius 2 is 1.92 bits per heavy atom. The normalized spacial score (nSPS) is 11.9. The quantitative estimate of drug-likeness (QED) is 0.489. The lowest BCUT2D eigenvalue weighted by Crippen LogP contribution is -2.12. The number of hydrogen-bond acceptors (Lipinski definition) is 3. The molecule has 0 amide bonds. The van der Waals surface area contributed by atoms with Crippen LogP contribution in [-0.2, 0) is 6.42 Å². The lowest BCUT2D eigenvalue weighted by atomic mass is 10.1. The molecule has 26 heavy (non-hydrogen) atoms. The van der Waals surface area contributed by atoms with Crippen molar-refractivity contribution in [3.8, 4) is 11.4 Å². The summed E-state index contributed by atoms with van der Waals surface area (Å²) in [5, 5.41) is 4.14. The zero-order valence-electron chi connectivity index (χ0n) is 13.0. The highest BCUT2D eigenvalue weighted by Gasteiger charge is 2.31. The van der Waals surface area contributed by atoms with E-state index in [0.717, 1.165) is 0 Å². The van der Waals surface area contributed by atoms with Gasteiger partial charge in [0.15, 0.2) is 0 Å². The first-order valence-corrected chi connectivity index (χ1v) is 7.35. The van der Waals surface area contributed by atoms with E-state index in [1.165, 1.54) is 47.1 Å². The van der Waals surface area contributed by atoms with Crippen LogP contribution in [0.4, 0.5) is 22.0 Å². The van der Waals surface area contributed by atoms with Crippen molar-refractivity contribution >= 4 is 17.2 Å². The van der Waals surface area contributed by atoms with Gasteiger partial charge in [0.1, 0.15) is 12.0 Å². The van der Waals surface area contributed by atoms with Crippen molar-refractivity contribution in [1.82, 2.24) is 9.78 Å². The fraction of sp³-hybridized carbons (Fsp3) is 0.176. The standard InChI is InChI=1S/C17H11F5N2O2/c18-16(19)26-12-3-1-2-11(7-12)24-15-5-4-10(9-25)6-13(15)14(23-24)8-17(20,21)22/h1-7,9,16H,8H2. The van der Waals surface area contributed by atoms with E-state index in [1.54, 1.807) is 0 Å². The third-order valence-electron chi connectivity index (χ3n) is 3.57. The highest BCUT2D eigenvalue weighted by molar-refractivity contribution is 5.89. The minimum Gasteiger partial charge on any atom is -0.435 e. The number of carbonyl (C=O) groups excluding carboxylic acids is 1. The van der Waals surface area contributed by atoms with E-state index in [4.69, 9.17) is 0 Å². The molecule has 0 unspecified atom stereocenters. The SMILES string of the molecule is O=Cc1ccc2c(c1)c(CC(F)(F)F)nn2-c1cccc(OC(F)F)c1. The van der Waals surface area contributed by atoms with Gasteiger partial charge in [0.25, 0.3) is 0 Å². The summed E-state index contributed by atoms with van der Waals surface area (Å²) in [6.45, 7) is -3.03. The minimum absolute atomic E-state index is 0.150. The van der Waals surface area contributed by atoms with Crippen LogP contribution < -0.4 is 4.74 Å². The largest absolute Gasteiger partial charge is 0.435 e. The van der Waals surface area contributed by atoms with Crippen LogP contribution in [0.3, 0.4) is 0 Å². The maximum atomic E-state index is 12.8. The van der Waals surface area contributed by atoms with Crippen molar-refractivity contribution in [2.24, 2.45) is 0 Å². The molecule has 1 heterocycles. The maximum Gasteiger partial charge on any atom is 0.394 e. The minimum atomic E-state index is -4.50. The molecule has 0 radical (unpaired) electrons. The molecule has 4 nitrogen and oxygen atoms in total. The second-order valence-electron chi connectivity index (χ2n) is 5.42. The van der Waals surface area contributed by atoms with E-state index in [1.807, 2.05) is 0 Å². The van der Waals surface area contributed by atoms with Gasteiger partial charge in [-0.05, 0) is 30.3 Å². The van der Waals surface area contributed by atoms with Crippen LogP contribution in [0.2, 0.25) is 0 Å². The summed E-state index contributed by atoms with van der Waals surface area (Å²) in [7, 11) is 0. The van der Waals surface area contributed by atoms with Crippen molar-refractivity contribution in [3.05, 3.63) is 53.7 Å². The Balaban J connectivity index is 2.15. The monoisotopic (exact) mass is 370 g/mol. The lowest BCUT2D eigenvalue weighted by Gasteiger charge is -2.08. The van der Waals surface area contributed by atoms with Crippen molar-refractivity contribution in [1.29, 1.82) is 0 Å². The van der Waals surface area contributed by atoms with Gasteiger partial charge in [0.05, 0.1) is 23.3 Å². The average molecular weight is 370 g/mol. The highest BCUT2D eigenvalue weighted by Crippen LogP contribution is 2.29. The number of fused-ring (bicyclic) bond motifs is 1. The van der Waals surface area contributed by atoms with Gasteiger partial charge >= 0.3 is 12.8 Å². The van der Waals surface area contributed by atoms with Gasteiger partial charge in [0, 0.05) is 17.0 Å². The number of aromatic nitrogens is 2. The molecule has 0 fully saturated rings. The van der Waals surface area contributed by atoms with Crippen LogP contribution in [0.25, 0.3) is 16.6 Å². The number of halogens is 5. The predicted octanol–water partition coefficient (Wildman–Crippen LogP) is 4.54. The molecule has 0 saturated carbocycles. The van der Waals surface area contributed by atoms with Crippen LogP contribution >= 0.6 is 0 Å². The molecule has 9 heteroatoms. The van der Waals surface area contributed by atoms with E-state index in [2.05, 4.69) is 9.84 Å². The molecule has 0 aliphatic rings. The predicted molar refractivity (Wildman–Crippen MR) is 82.8 cm³/mol. The molecular formula is C17H11F5N2O2. The number of ether oxygens (including phenoxy) is 1. The Bertz CT molecular complexity index is 950. The molecule has 1 aromatic heterocycles. The Kier molecular flexibility index (Phi) is 4.62.